The van der Waals surface area contributed by atoms with Crippen LogP contribution >= 0.6 is 22.7 Å². The number of hydrogen-bond acceptors (Lipinski definition) is 6. The van der Waals surface area contributed by atoms with Crippen molar-refractivity contribution in [3.05, 3.63) is 57.9 Å². The van der Waals surface area contributed by atoms with Gasteiger partial charge in [0.15, 0.2) is 0 Å². The molecule has 0 radical (unpaired) electrons. The number of aromatic nitrogens is 3. The van der Waals surface area contributed by atoms with Crippen LogP contribution in [0.3, 0.4) is 0 Å². The van der Waals surface area contributed by atoms with E-state index in [-0.39, 0.29) is 6.04 Å². The standard InChI is InChI=1S/C17H17N5S2/c1-21(2)12-7-4-3-6-11(12)13-10-19-17-22(13)20-16(24-17)15(18)14-8-5-9-23-14/h3-10,15H,18H2,1-2H3. The Labute approximate surface area is 148 Å². The molecule has 0 aliphatic heterocycles. The van der Waals surface area contributed by atoms with E-state index in [0.29, 0.717) is 0 Å². The topological polar surface area (TPSA) is 59.5 Å². The minimum Gasteiger partial charge on any atom is -0.377 e. The molecule has 0 bridgehead atoms. The van der Waals surface area contributed by atoms with E-state index in [9.17, 15) is 0 Å². The summed E-state index contributed by atoms with van der Waals surface area (Å²) in [6.45, 7) is 0. The molecule has 1 unspecified atom stereocenters. The normalized spacial score (nSPS) is 12.6. The first-order valence-corrected chi connectivity index (χ1v) is 9.25. The molecule has 4 rings (SSSR count). The Hall–Kier alpha value is -2.22. The van der Waals surface area contributed by atoms with Crippen molar-refractivity contribution in [2.75, 3.05) is 19.0 Å². The van der Waals surface area contributed by atoms with E-state index >= 15 is 0 Å². The number of para-hydroxylation sites is 1. The van der Waals surface area contributed by atoms with E-state index in [4.69, 9.17) is 10.8 Å². The molecule has 2 N–H and O–H groups in total. The highest BCUT2D eigenvalue weighted by Gasteiger charge is 2.19. The molecule has 5 nitrogen and oxygen atoms in total. The Kier molecular flexibility index (Phi) is 3.84. The van der Waals surface area contributed by atoms with Gasteiger partial charge < -0.3 is 10.6 Å². The summed E-state index contributed by atoms with van der Waals surface area (Å²) in [6.07, 6.45) is 1.88. The average Bonchev–Trinajstić information content (AvgIpc) is 3.30. The predicted octanol–water partition coefficient (Wildman–Crippen LogP) is 3.63. The highest BCUT2D eigenvalue weighted by molar-refractivity contribution is 7.17. The molecule has 0 aliphatic rings. The van der Waals surface area contributed by atoms with Crippen molar-refractivity contribution in [2.45, 2.75) is 6.04 Å². The lowest BCUT2D eigenvalue weighted by atomic mass is 10.1. The van der Waals surface area contributed by atoms with Crippen LogP contribution in [0.4, 0.5) is 5.69 Å². The first-order valence-electron chi connectivity index (χ1n) is 7.55. The summed E-state index contributed by atoms with van der Waals surface area (Å²) < 4.78 is 1.90. The molecule has 3 heterocycles. The molecule has 0 spiro atoms. The zero-order valence-corrected chi connectivity index (χ0v) is 15.0. The third-order valence-corrected chi connectivity index (χ3v) is 5.84. The third kappa shape index (κ3) is 2.50. The maximum Gasteiger partial charge on any atom is 0.212 e. The van der Waals surface area contributed by atoms with Crippen molar-refractivity contribution in [1.29, 1.82) is 0 Å². The van der Waals surface area contributed by atoms with Gasteiger partial charge in [0.05, 0.1) is 17.9 Å². The van der Waals surface area contributed by atoms with Crippen LogP contribution < -0.4 is 10.6 Å². The summed E-state index contributed by atoms with van der Waals surface area (Å²) in [6, 6.07) is 12.1. The van der Waals surface area contributed by atoms with Crippen molar-refractivity contribution in [3.63, 3.8) is 0 Å². The quantitative estimate of drug-likeness (QED) is 0.607. The summed E-state index contributed by atoms with van der Waals surface area (Å²) >= 11 is 3.19. The van der Waals surface area contributed by atoms with Gasteiger partial charge in [-0.3, -0.25) is 0 Å². The van der Waals surface area contributed by atoms with Crippen LogP contribution in [0.2, 0.25) is 0 Å². The van der Waals surface area contributed by atoms with Gasteiger partial charge in [-0.15, -0.1) is 11.3 Å². The monoisotopic (exact) mass is 355 g/mol. The maximum absolute atomic E-state index is 6.36. The van der Waals surface area contributed by atoms with Gasteiger partial charge in [-0.1, -0.05) is 35.6 Å². The lowest BCUT2D eigenvalue weighted by Crippen LogP contribution is -2.11. The molecule has 4 aromatic rings. The fourth-order valence-electron chi connectivity index (χ4n) is 2.69. The van der Waals surface area contributed by atoms with Crippen molar-refractivity contribution < 1.29 is 0 Å². The van der Waals surface area contributed by atoms with Gasteiger partial charge in [0, 0.05) is 30.2 Å². The predicted molar refractivity (Wildman–Crippen MR) is 101 cm³/mol. The Morgan fingerprint density at radius 1 is 1.17 bits per heavy atom. The highest BCUT2D eigenvalue weighted by Crippen LogP contribution is 2.33. The molecule has 0 saturated carbocycles. The fourth-order valence-corrected chi connectivity index (χ4v) is 4.39. The van der Waals surface area contributed by atoms with Gasteiger partial charge in [-0.05, 0) is 17.5 Å². The summed E-state index contributed by atoms with van der Waals surface area (Å²) in [5.74, 6) is 0. The van der Waals surface area contributed by atoms with Crippen molar-refractivity contribution in [1.82, 2.24) is 14.6 Å². The molecule has 0 aliphatic carbocycles. The number of thiophene rings is 1. The Balaban J connectivity index is 1.81. The van der Waals surface area contributed by atoms with E-state index in [1.165, 1.54) is 0 Å². The van der Waals surface area contributed by atoms with Crippen LogP contribution in [-0.2, 0) is 0 Å². The molecule has 122 valence electrons. The number of benzene rings is 1. The van der Waals surface area contributed by atoms with E-state index in [1.54, 1.807) is 22.7 Å². The van der Waals surface area contributed by atoms with Crippen molar-refractivity contribution in [2.24, 2.45) is 5.73 Å². The van der Waals surface area contributed by atoms with Gasteiger partial charge in [0.1, 0.15) is 5.01 Å². The summed E-state index contributed by atoms with van der Waals surface area (Å²) in [5, 5.41) is 7.65. The van der Waals surface area contributed by atoms with E-state index < -0.39 is 0 Å². The van der Waals surface area contributed by atoms with E-state index in [0.717, 1.165) is 31.8 Å². The van der Waals surface area contributed by atoms with Crippen LogP contribution in [-0.4, -0.2) is 28.7 Å². The molecular weight excluding hydrogens is 338 g/mol. The molecular formula is C17H17N5S2. The summed E-state index contributed by atoms with van der Waals surface area (Å²) in [5.41, 5.74) is 9.58. The van der Waals surface area contributed by atoms with Gasteiger partial charge in [0.25, 0.3) is 0 Å². The first kappa shape index (κ1) is 15.3. The van der Waals surface area contributed by atoms with Crippen LogP contribution in [0.5, 0.6) is 0 Å². The smallest absolute Gasteiger partial charge is 0.212 e. The van der Waals surface area contributed by atoms with Gasteiger partial charge in [-0.2, -0.15) is 5.10 Å². The molecule has 0 saturated heterocycles. The molecule has 3 aromatic heterocycles. The minimum atomic E-state index is -0.200. The molecule has 7 heteroatoms. The van der Waals surface area contributed by atoms with E-state index in [1.807, 2.05) is 54.5 Å². The van der Waals surface area contributed by atoms with Crippen LogP contribution in [0.25, 0.3) is 16.2 Å². The van der Waals surface area contributed by atoms with Crippen LogP contribution in [0.15, 0.2) is 48.0 Å². The summed E-state index contributed by atoms with van der Waals surface area (Å²) in [4.78, 5) is 8.60. The molecule has 24 heavy (non-hydrogen) atoms. The Morgan fingerprint density at radius 3 is 2.75 bits per heavy atom. The number of fused-ring (bicyclic) bond motifs is 1. The van der Waals surface area contributed by atoms with Crippen LogP contribution in [0.1, 0.15) is 15.9 Å². The molecule has 1 aromatic carbocycles. The van der Waals surface area contributed by atoms with Crippen molar-refractivity contribution >= 4 is 33.3 Å². The zero-order valence-electron chi connectivity index (χ0n) is 13.4. The number of hydrogen-bond donors (Lipinski definition) is 1. The lowest BCUT2D eigenvalue weighted by molar-refractivity contribution is 0.822. The second kappa shape index (κ2) is 6.01. The zero-order chi connectivity index (χ0) is 16.7. The first-order chi connectivity index (χ1) is 11.6. The van der Waals surface area contributed by atoms with Crippen molar-refractivity contribution in [3.8, 4) is 11.3 Å². The number of anilines is 1. The average molecular weight is 355 g/mol. The number of nitrogens with zero attached hydrogens (tertiary/aromatic N) is 4. The molecule has 1 atom stereocenters. The van der Waals surface area contributed by atoms with Crippen LogP contribution in [0, 0.1) is 0 Å². The lowest BCUT2D eigenvalue weighted by Gasteiger charge is -2.16. The SMILES string of the molecule is CN(C)c1ccccc1-c1cnc2sc(C(N)c3cccs3)nn12. The number of imidazole rings is 1. The Bertz CT molecular complexity index is 968. The number of nitrogens with two attached hydrogens (primary N) is 1. The van der Waals surface area contributed by atoms with Gasteiger partial charge in [0.2, 0.25) is 4.96 Å². The second-order valence-electron chi connectivity index (χ2n) is 5.68. The summed E-state index contributed by atoms with van der Waals surface area (Å²) in [7, 11) is 4.08. The minimum absolute atomic E-state index is 0.200. The maximum atomic E-state index is 6.36. The van der Waals surface area contributed by atoms with E-state index in [2.05, 4.69) is 22.0 Å². The fraction of sp³-hybridized carbons (Fsp3) is 0.176. The second-order valence-corrected chi connectivity index (χ2v) is 7.65. The van der Waals surface area contributed by atoms with Gasteiger partial charge in [-0.25, -0.2) is 9.50 Å². The van der Waals surface area contributed by atoms with Gasteiger partial charge >= 0.3 is 0 Å². The highest BCUT2D eigenvalue weighted by atomic mass is 32.1. The Morgan fingerprint density at radius 2 is 2.00 bits per heavy atom. The molecule has 0 amide bonds. The number of rotatable bonds is 4. The third-order valence-electron chi connectivity index (χ3n) is 3.88. The largest absolute Gasteiger partial charge is 0.377 e. The molecule has 0 fully saturated rings.